The van der Waals surface area contributed by atoms with Gasteiger partial charge in [0.25, 0.3) is 0 Å². The summed E-state index contributed by atoms with van der Waals surface area (Å²) in [5, 5.41) is 9.07. The zero-order chi connectivity index (χ0) is 13.5. The van der Waals surface area contributed by atoms with Gasteiger partial charge in [0.2, 0.25) is 5.91 Å². The molecule has 100 valence electrons. The molecule has 0 radical (unpaired) electrons. The Kier molecular flexibility index (Phi) is 5.86. The van der Waals surface area contributed by atoms with Crippen LogP contribution in [0.2, 0.25) is 0 Å². The fourth-order valence-electron chi connectivity index (χ4n) is 2.17. The molecular weight excluding hydrogens is 226 g/mol. The lowest BCUT2D eigenvalue weighted by atomic mass is 9.94. The zero-order valence-corrected chi connectivity index (χ0v) is 11.5. The highest BCUT2D eigenvalue weighted by atomic mass is 16.3. The van der Waals surface area contributed by atoms with Gasteiger partial charge in [-0.2, -0.15) is 0 Å². The largest absolute Gasteiger partial charge is 0.395 e. The Hall–Kier alpha value is -1.35. The summed E-state index contributed by atoms with van der Waals surface area (Å²) in [5.74, 6) is -0.00657. The molecule has 0 heterocycles. The molecule has 0 saturated heterocycles. The van der Waals surface area contributed by atoms with Gasteiger partial charge in [-0.1, -0.05) is 37.3 Å². The van der Waals surface area contributed by atoms with Crippen molar-refractivity contribution in [2.24, 2.45) is 0 Å². The van der Waals surface area contributed by atoms with Gasteiger partial charge in [0.1, 0.15) is 0 Å². The zero-order valence-electron chi connectivity index (χ0n) is 11.5. The fourth-order valence-corrected chi connectivity index (χ4v) is 2.17. The first kappa shape index (κ1) is 14.7. The highest BCUT2D eigenvalue weighted by Crippen LogP contribution is 2.22. The van der Waals surface area contributed by atoms with E-state index in [1.54, 1.807) is 4.90 Å². The van der Waals surface area contributed by atoms with E-state index in [1.165, 1.54) is 0 Å². The molecule has 0 aliphatic rings. The Morgan fingerprint density at radius 1 is 1.28 bits per heavy atom. The minimum atomic E-state index is -0.111. The topological polar surface area (TPSA) is 40.5 Å². The number of benzene rings is 1. The van der Waals surface area contributed by atoms with E-state index in [1.807, 2.05) is 51.1 Å². The summed E-state index contributed by atoms with van der Waals surface area (Å²) in [6.45, 7) is 6.39. The van der Waals surface area contributed by atoms with Gasteiger partial charge in [0.05, 0.1) is 12.5 Å². The smallest absolute Gasteiger partial charge is 0.230 e. The van der Waals surface area contributed by atoms with Crippen LogP contribution in [0.5, 0.6) is 0 Å². The molecule has 0 aromatic heterocycles. The van der Waals surface area contributed by atoms with E-state index in [2.05, 4.69) is 0 Å². The van der Waals surface area contributed by atoms with Crippen molar-refractivity contribution in [3.05, 3.63) is 35.9 Å². The summed E-state index contributed by atoms with van der Waals surface area (Å²) in [7, 11) is 0. The average molecular weight is 249 g/mol. The molecule has 0 bridgehead atoms. The molecule has 3 nitrogen and oxygen atoms in total. The number of aliphatic hydroxyl groups excluding tert-OH is 1. The van der Waals surface area contributed by atoms with Gasteiger partial charge < -0.3 is 10.0 Å². The van der Waals surface area contributed by atoms with E-state index in [-0.39, 0.29) is 24.5 Å². The number of carbonyl (C=O) groups is 1. The van der Waals surface area contributed by atoms with Gasteiger partial charge in [-0.3, -0.25) is 4.79 Å². The van der Waals surface area contributed by atoms with Crippen molar-refractivity contribution in [3.8, 4) is 0 Å². The second-order valence-corrected chi connectivity index (χ2v) is 4.72. The summed E-state index contributed by atoms with van der Waals surface area (Å²) in [4.78, 5) is 14.3. The third-order valence-electron chi connectivity index (χ3n) is 3.16. The van der Waals surface area contributed by atoms with E-state index in [9.17, 15) is 4.79 Å². The normalized spacial score (nSPS) is 12.5. The molecule has 0 saturated carbocycles. The minimum absolute atomic E-state index is 0.00907. The molecule has 0 fully saturated rings. The maximum Gasteiger partial charge on any atom is 0.230 e. The second-order valence-electron chi connectivity index (χ2n) is 4.72. The fraction of sp³-hybridized carbons (Fsp3) is 0.533. The maximum absolute atomic E-state index is 12.5. The highest BCUT2D eigenvalue weighted by molar-refractivity contribution is 5.84. The number of hydrogen-bond donors (Lipinski definition) is 1. The Labute approximate surface area is 109 Å². The maximum atomic E-state index is 12.5. The molecule has 1 amide bonds. The van der Waals surface area contributed by atoms with Gasteiger partial charge in [-0.05, 0) is 25.8 Å². The van der Waals surface area contributed by atoms with Gasteiger partial charge >= 0.3 is 0 Å². The van der Waals surface area contributed by atoms with Crippen LogP contribution in [-0.4, -0.2) is 35.1 Å². The van der Waals surface area contributed by atoms with Crippen molar-refractivity contribution in [1.82, 2.24) is 4.90 Å². The summed E-state index contributed by atoms with van der Waals surface area (Å²) in [6, 6.07) is 9.96. The van der Waals surface area contributed by atoms with Crippen molar-refractivity contribution in [3.63, 3.8) is 0 Å². The van der Waals surface area contributed by atoms with Crippen molar-refractivity contribution in [2.75, 3.05) is 13.2 Å². The van der Waals surface area contributed by atoms with Crippen LogP contribution in [0.1, 0.15) is 38.7 Å². The molecule has 1 unspecified atom stereocenters. The summed E-state index contributed by atoms with van der Waals surface area (Å²) < 4.78 is 0. The first-order chi connectivity index (χ1) is 8.61. The molecular formula is C15H23NO2. The molecule has 1 N–H and O–H groups in total. The lowest BCUT2D eigenvalue weighted by Crippen LogP contribution is -2.41. The first-order valence-corrected chi connectivity index (χ1v) is 6.58. The Morgan fingerprint density at radius 2 is 1.89 bits per heavy atom. The van der Waals surface area contributed by atoms with Crippen LogP contribution in [0.15, 0.2) is 30.3 Å². The third kappa shape index (κ3) is 3.57. The number of rotatable bonds is 6. The summed E-state index contributed by atoms with van der Waals surface area (Å²) in [6.07, 6.45) is 0.775. The quantitative estimate of drug-likeness (QED) is 0.841. The molecule has 1 aromatic rings. The molecule has 0 spiro atoms. The summed E-state index contributed by atoms with van der Waals surface area (Å²) >= 11 is 0. The van der Waals surface area contributed by atoms with E-state index < -0.39 is 0 Å². The van der Waals surface area contributed by atoms with Crippen molar-refractivity contribution < 1.29 is 9.90 Å². The van der Waals surface area contributed by atoms with E-state index in [4.69, 9.17) is 5.11 Å². The minimum Gasteiger partial charge on any atom is -0.395 e. The number of nitrogens with zero attached hydrogens (tertiary/aromatic N) is 1. The number of aliphatic hydroxyl groups is 1. The van der Waals surface area contributed by atoms with Gasteiger partial charge in [0, 0.05) is 12.6 Å². The van der Waals surface area contributed by atoms with Crippen LogP contribution < -0.4 is 0 Å². The monoisotopic (exact) mass is 249 g/mol. The van der Waals surface area contributed by atoms with Crippen LogP contribution in [-0.2, 0) is 4.79 Å². The Bertz CT molecular complexity index is 362. The van der Waals surface area contributed by atoms with Gasteiger partial charge in [0.15, 0.2) is 0 Å². The van der Waals surface area contributed by atoms with Crippen LogP contribution in [0.25, 0.3) is 0 Å². The predicted molar refractivity (Wildman–Crippen MR) is 73.4 cm³/mol. The number of carbonyl (C=O) groups excluding carboxylic acids is 1. The molecule has 3 heteroatoms. The van der Waals surface area contributed by atoms with Crippen molar-refractivity contribution in [2.45, 2.75) is 39.2 Å². The van der Waals surface area contributed by atoms with Crippen LogP contribution in [0.4, 0.5) is 0 Å². The van der Waals surface area contributed by atoms with Gasteiger partial charge in [-0.15, -0.1) is 0 Å². The lowest BCUT2D eigenvalue weighted by molar-refractivity contribution is -0.135. The van der Waals surface area contributed by atoms with Crippen LogP contribution in [0.3, 0.4) is 0 Å². The molecule has 1 rings (SSSR count). The van der Waals surface area contributed by atoms with Crippen molar-refractivity contribution >= 4 is 5.91 Å². The van der Waals surface area contributed by atoms with Crippen molar-refractivity contribution in [1.29, 1.82) is 0 Å². The number of amides is 1. The Morgan fingerprint density at radius 3 is 2.33 bits per heavy atom. The molecule has 18 heavy (non-hydrogen) atoms. The van der Waals surface area contributed by atoms with E-state index >= 15 is 0 Å². The first-order valence-electron chi connectivity index (χ1n) is 6.58. The van der Waals surface area contributed by atoms with Gasteiger partial charge in [-0.25, -0.2) is 0 Å². The van der Waals surface area contributed by atoms with E-state index in [0.717, 1.165) is 12.0 Å². The second kappa shape index (κ2) is 7.17. The SMILES string of the molecule is CCC(C(=O)N(CCO)C(C)C)c1ccccc1. The predicted octanol–water partition coefficient (Wildman–Crippen LogP) is 2.41. The highest BCUT2D eigenvalue weighted by Gasteiger charge is 2.25. The molecule has 0 aliphatic heterocycles. The Balaban J connectivity index is 2.90. The van der Waals surface area contributed by atoms with Crippen LogP contribution in [0, 0.1) is 0 Å². The molecule has 1 atom stereocenters. The third-order valence-corrected chi connectivity index (χ3v) is 3.16. The number of hydrogen-bond acceptors (Lipinski definition) is 2. The van der Waals surface area contributed by atoms with E-state index in [0.29, 0.717) is 6.54 Å². The summed E-state index contributed by atoms with van der Waals surface area (Å²) in [5.41, 5.74) is 1.05. The van der Waals surface area contributed by atoms with Crippen LogP contribution >= 0.6 is 0 Å². The molecule has 0 aliphatic carbocycles. The lowest BCUT2D eigenvalue weighted by Gasteiger charge is -2.30. The average Bonchev–Trinajstić information content (AvgIpc) is 2.37. The standard InChI is InChI=1S/C15H23NO2/c1-4-14(13-8-6-5-7-9-13)15(18)16(10-11-17)12(2)3/h5-9,12,14,17H,4,10-11H2,1-3H3. The molecule has 1 aromatic carbocycles.